The zero-order valence-electron chi connectivity index (χ0n) is 13.8. The smallest absolute Gasteiger partial charge is 0.277 e. The molecule has 3 rings (SSSR count). The number of ether oxygens (including phenoxy) is 1. The molecule has 0 fully saturated rings. The quantitative estimate of drug-likeness (QED) is 0.648. The molecule has 130 valence electrons. The number of aromatic nitrogens is 2. The lowest BCUT2D eigenvalue weighted by atomic mass is 10.2. The first-order valence-corrected chi connectivity index (χ1v) is 8.54. The maximum absolute atomic E-state index is 11.9. The van der Waals surface area contributed by atoms with Crippen LogP contribution in [-0.4, -0.2) is 29.0 Å². The van der Waals surface area contributed by atoms with Crippen molar-refractivity contribution in [2.45, 2.75) is 18.7 Å². The minimum absolute atomic E-state index is 0.111. The monoisotopic (exact) mass is 359 g/mol. The van der Waals surface area contributed by atoms with Gasteiger partial charge in [-0.1, -0.05) is 23.9 Å². The molecule has 7 nitrogen and oxygen atoms in total. The molecule has 25 heavy (non-hydrogen) atoms. The highest BCUT2D eigenvalue weighted by atomic mass is 32.2. The van der Waals surface area contributed by atoms with Gasteiger partial charge >= 0.3 is 0 Å². The molecular weight excluding hydrogens is 342 g/mol. The van der Waals surface area contributed by atoms with Gasteiger partial charge in [-0.25, -0.2) is 0 Å². The summed E-state index contributed by atoms with van der Waals surface area (Å²) in [4.78, 5) is 11.9. The fourth-order valence-electron chi connectivity index (χ4n) is 2.11. The van der Waals surface area contributed by atoms with E-state index in [0.717, 1.165) is 16.9 Å². The van der Waals surface area contributed by atoms with Crippen molar-refractivity contribution in [2.24, 2.45) is 0 Å². The van der Waals surface area contributed by atoms with Crippen molar-refractivity contribution < 1.29 is 18.4 Å². The Bertz CT molecular complexity index is 842. The number of carbonyl (C=O) groups is 1. The molecule has 2 aromatic heterocycles. The Balaban J connectivity index is 1.47. The van der Waals surface area contributed by atoms with E-state index in [4.69, 9.17) is 13.6 Å². The van der Waals surface area contributed by atoms with Gasteiger partial charge in [0.05, 0.1) is 24.7 Å². The van der Waals surface area contributed by atoms with Gasteiger partial charge in [0.15, 0.2) is 0 Å². The lowest BCUT2D eigenvalue weighted by Gasteiger charge is -2.05. The van der Waals surface area contributed by atoms with E-state index >= 15 is 0 Å². The number of furan rings is 1. The fraction of sp³-hybridized carbons (Fsp3) is 0.235. The molecule has 8 heteroatoms. The molecule has 3 aromatic rings. The van der Waals surface area contributed by atoms with Crippen LogP contribution in [0.15, 0.2) is 50.7 Å². The number of rotatable bonds is 7. The maximum Gasteiger partial charge on any atom is 0.277 e. The van der Waals surface area contributed by atoms with E-state index in [0.29, 0.717) is 23.4 Å². The zero-order chi connectivity index (χ0) is 17.6. The van der Waals surface area contributed by atoms with Crippen LogP contribution in [0, 0.1) is 6.92 Å². The highest BCUT2D eigenvalue weighted by Gasteiger charge is 2.14. The molecular formula is C17H17N3O4S. The number of methoxy groups -OCH3 is 1. The van der Waals surface area contributed by atoms with Crippen molar-refractivity contribution in [3.63, 3.8) is 0 Å². The summed E-state index contributed by atoms with van der Waals surface area (Å²) in [5.74, 6) is 1.96. The highest BCUT2D eigenvalue weighted by Crippen LogP contribution is 2.26. The SMILES string of the molecule is COc1ccc(CNC(=O)CSc2nnc(-c3ccoc3C)o2)cc1. The molecule has 0 atom stereocenters. The first-order chi connectivity index (χ1) is 12.2. The number of nitrogens with one attached hydrogen (secondary N) is 1. The number of thioether (sulfide) groups is 1. The summed E-state index contributed by atoms with van der Waals surface area (Å²) in [6.07, 6.45) is 1.56. The van der Waals surface area contributed by atoms with Gasteiger partial charge < -0.3 is 18.9 Å². The summed E-state index contributed by atoms with van der Waals surface area (Å²) in [6, 6.07) is 9.29. The Morgan fingerprint density at radius 2 is 2.04 bits per heavy atom. The molecule has 0 radical (unpaired) electrons. The van der Waals surface area contributed by atoms with Crippen molar-refractivity contribution >= 4 is 17.7 Å². The minimum Gasteiger partial charge on any atom is -0.497 e. The van der Waals surface area contributed by atoms with Gasteiger partial charge in [0.1, 0.15) is 11.5 Å². The summed E-state index contributed by atoms with van der Waals surface area (Å²) < 4.78 is 15.8. The van der Waals surface area contributed by atoms with Crippen LogP contribution in [0.2, 0.25) is 0 Å². The van der Waals surface area contributed by atoms with E-state index < -0.39 is 0 Å². The molecule has 0 unspecified atom stereocenters. The zero-order valence-corrected chi connectivity index (χ0v) is 14.6. The molecule has 0 spiro atoms. The normalized spacial score (nSPS) is 10.6. The van der Waals surface area contributed by atoms with Crippen molar-refractivity contribution in [1.82, 2.24) is 15.5 Å². The number of carbonyl (C=O) groups excluding carboxylic acids is 1. The molecule has 0 bridgehead atoms. The van der Waals surface area contributed by atoms with Gasteiger partial charge in [-0.15, -0.1) is 10.2 Å². The third-order valence-corrected chi connectivity index (χ3v) is 4.29. The Labute approximate surface area is 148 Å². The predicted octanol–water partition coefficient (Wildman–Crippen LogP) is 3.06. The fourth-order valence-corrected chi connectivity index (χ4v) is 2.70. The van der Waals surface area contributed by atoms with E-state index in [9.17, 15) is 4.79 Å². The molecule has 2 heterocycles. The first-order valence-electron chi connectivity index (χ1n) is 7.56. The summed E-state index contributed by atoms with van der Waals surface area (Å²) in [7, 11) is 1.62. The predicted molar refractivity (Wildman–Crippen MR) is 92.3 cm³/mol. The Morgan fingerprint density at radius 1 is 1.24 bits per heavy atom. The van der Waals surface area contributed by atoms with Crippen LogP contribution in [0.25, 0.3) is 11.5 Å². The van der Waals surface area contributed by atoms with Gasteiger partial charge in [0, 0.05) is 6.54 Å². The van der Waals surface area contributed by atoms with Crippen molar-refractivity contribution in [1.29, 1.82) is 0 Å². The van der Waals surface area contributed by atoms with Crippen LogP contribution < -0.4 is 10.1 Å². The Morgan fingerprint density at radius 3 is 2.72 bits per heavy atom. The van der Waals surface area contributed by atoms with Crippen LogP contribution >= 0.6 is 11.8 Å². The molecule has 1 N–H and O–H groups in total. The Kier molecular flexibility index (Phi) is 5.39. The van der Waals surface area contributed by atoms with Gasteiger partial charge in [-0.2, -0.15) is 0 Å². The molecule has 0 saturated carbocycles. The van der Waals surface area contributed by atoms with Crippen LogP contribution in [0.5, 0.6) is 5.75 Å². The summed E-state index contributed by atoms with van der Waals surface area (Å²) in [5, 5.41) is 11.1. The minimum atomic E-state index is -0.111. The first kappa shape index (κ1) is 17.1. The maximum atomic E-state index is 11.9. The number of hydrogen-bond donors (Lipinski definition) is 1. The van der Waals surface area contributed by atoms with Crippen LogP contribution in [0.1, 0.15) is 11.3 Å². The van der Waals surface area contributed by atoms with Crippen molar-refractivity contribution in [3.8, 4) is 17.2 Å². The van der Waals surface area contributed by atoms with E-state index in [-0.39, 0.29) is 11.7 Å². The van der Waals surface area contributed by atoms with Gasteiger partial charge in [-0.3, -0.25) is 4.79 Å². The lowest BCUT2D eigenvalue weighted by Crippen LogP contribution is -2.24. The number of amides is 1. The summed E-state index contributed by atoms with van der Waals surface area (Å²) in [5.41, 5.74) is 1.75. The molecule has 0 aliphatic heterocycles. The van der Waals surface area contributed by atoms with Gasteiger partial charge in [0.25, 0.3) is 11.1 Å². The van der Waals surface area contributed by atoms with E-state index in [1.807, 2.05) is 31.2 Å². The van der Waals surface area contributed by atoms with Crippen molar-refractivity contribution in [2.75, 3.05) is 12.9 Å². The third-order valence-electron chi connectivity index (χ3n) is 3.47. The number of benzene rings is 1. The number of nitrogens with zero attached hydrogens (tertiary/aromatic N) is 2. The van der Waals surface area contributed by atoms with E-state index in [1.54, 1.807) is 19.4 Å². The summed E-state index contributed by atoms with van der Waals surface area (Å²) >= 11 is 1.19. The number of aryl methyl sites for hydroxylation is 1. The topological polar surface area (TPSA) is 90.4 Å². The highest BCUT2D eigenvalue weighted by molar-refractivity contribution is 7.99. The second kappa shape index (κ2) is 7.89. The van der Waals surface area contributed by atoms with E-state index in [2.05, 4.69) is 15.5 Å². The molecule has 1 aromatic carbocycles. The average molecular weight is 359 g/mol. The second-order valence-electron chi connectivity index (χ2n) is 5.18. The molecule has 0 aliphatic carbocycles. The standard InChI is InChI=1S/C17H17N3O4S/c1-11-14(7-8-23-11)16-19-20-17(24-16)25-10-15(21)18-9-12-3-5-13(22-2)6-4-12/h3-8H,9-10H2,1-2H3,(H,18,21). The Hall–Kier alpha value is -2.74. The number of hydrogen-bond acceptors (Lipinski definition) is 7. The van der Waals surface area contributed by atoms with Gasteiger partial charge in [0.2, 0.25) is 5.91 Å². The summed E-state index contributed by atoms with van der Waals surface area (Å²) in [6.45, 7) is 2.27. The largest absolute Gasteiger partial charge is 0.497 e. The third kappa shape index (κ3) is 4.42. The molecule has 0 saturated heterocycles. The van der Waals surface area contributed by atoms with Crippen LogP contribution in [-0.2, 0) is 11.3 Å². The van der Waals surface area contributed by atoms with Crippen LogP contribution in [0.4, 0.5) is 0 Å². The van der Waals surface area contributed by atoms with Gasteiger partial charge in [-0.05, 0) is 30.7 Å². The van der Waals surface area contributed by atoms with E-state index in [1.165, 1.54) is 11.8 Å². The van der Waals surface area contributed by atoms with Crippen LogP contribution in [0.3, 0.4) is 0 Å². The second-order valence-corrected chi connectivity index (χ2v) is 6.10. The average Bonchev–Trinajstić information content (AvgIpc) is 3.27. The van der Waals surface area contributed by atoms with Crippen molar-refractivity contribution in [3.05, 3.63) is 47.9 Å². The molecule has 1 amide bonds. The lowest BCUT2D eigenvalue weighted by molar-refractivity contribution is -0.118. The molecule has 0 aliphatic rings.